The van der Waals surface area contributed by atoms with Gasteiger partial charge in [0.05, 0.1) is 0 Å². The summed E-state index contributed by atoms with van der Waals surface area (Å²) in [6.07, 6.45) is -0.387. The summed E-state index contributed by atoms with van der Waals surface area (Å²) >= 11 is 0. The predicted molar refractivity (Wildman–Crippen MR) is 64.8 cm³/mol. The summed E-state index contributed by atoms with van der Waals surface area (Å²) in [5.41, 5.74) is 0. The Morgan fingerprint density at radius 1 is 1.06 bits per heavy atom. The first-order valence-corrected chi connectivity index (χ1v) is 5.65. The van der Waals surface area contributed by atoms with Gasteiger partial charge in [0.15, 0.2) is 0 Å². The highest BCUT2D eigenvalue weighted by molar-refractivity contribution is 5.82. The van der Waals surface area contributed by atoms with Gasteiger partial charge in [-0.25, -0.2) is 4.79 Å². The quantitative estimate of drug-likeness (QED) is 0.685. The highest BCUT2D eigenvalue weighted by atomic mass is 16.4. The first-order valence-electron chi connectivity index (χ1n) is 5.65. The summed E-state index contributed by atoms with van der Waals surface area (Å²) in [5.74, 6) is -2.80. The average Bonchev–Trinajstić information content (AvgIpc) is 2.28. The number of carboxylic acid groups (broad SMARTS) is 2. The van der Waals surface area contributed by atoms with E-state index in [-0.39, 0.29) is 12.8 Å². The highest BCUT2D eigenvalue weighted by Crippen LogP contribution is 1.97. The Morgan fingerprint density at radius 2 is 1.47 bits per heavy atom. The first kappa shape index (κ1) is 20.8. The molecule has 17 heavy (non-hydrogen) atoms. The fourth-order valence-electron chi connectivity index (χ4n) is 0.771. The molecule has 0 aliphatic rings. The molecule has 0 saturated carbocycles. The SMILES string of the molecule is CC.CC.CC(=O)NC(CCC(=O)O)C(=O)O. The summed E-state index contributed by atoms with van der Waals surface area (Å²) in [5, 5.41) is 18.9. The summed E-state index contributed by atoms with van der Waals surface area (Å²) in [6, 6.07) is -1.12. The van der Waals surface area contributed by atoms with Crippen LogP contribution in [0.15, 0.2) is 0 Å². The molecule has 0 spiro atoms. The van der Waals surface area contributed by atoms with Crippen LogP contribution in [0.3, 0.4) is 0 Å². The lowest BCUT2D eigenvalue weighted by Gasteiger charge is -2.10. The van der Waals surface area contributed by atoms with Gasteiger partial charge in [-0.2, -0.15) is 0 Å². The molecule has 3 N–H and O–H groups in total. The molecule has 0 rings (SSSR count). The van der Waals surface area contributed by atoms with Crippen LogP contribution in [0.1, 0.15) is 47.5 Å². The molecule has 0 saturated heterocycles. The second kappa shape index (κ2) is 14.4. The molecule has 1 amide bonds. The van der Waals surface area contributed by atoms with Crippen molar-refractivity contribution in [3.05, 3.63) is 0 Å². The Labute approximate surface area is 102 Å². The lowest BCUT2D eigenvalue weighted by atomic mass is 10.1. The number of nitrogens with one attached hydrogen (secondary N) is 1. The maximum atomic E-state index is 10.5. The Morgan fingerprint density at radius 3 is 1.71 bits per heavy atom. The van der Waals surface area contributed by atoms with Gasteiger partial charge in [-0.05, 0) is 6.42 Å². The van der Waals surface area contributed by atoms with Crippen molar-refractivity contribution >= 4 is 17.8 Å². The largest absolute Gasteiger partial charge is 0.481 e. The molecule has 1 atom stereocenters. The molecule has 1 unspecified atom stereocenters. The molecule has 0 bridgehead atoms. The van der Waals surface area contributed by atoms with Gasteiger partial charge in [0.1, 0.15) is 6.04 Å². The maximum absolute atomic E-state index is 10.5. The van der Waals surface area contributed by atoms with Crippen molar-refractivity contribution < 1.29 is 24.6 Å². The second-order valence-corrected chi connectivity index (χ2v) is 2.52. The molecular weight excluding hydrogens is 226 g/mol. The number of carboxylic acids is 2. The van der Waals surface area contributed by atoms with Gasteiger partial charge >= 0.3 is 11.9 Å². The van der Waals surface area contributed by atoms with E-state index in [4.69, 9.17) is 10.2 Å². The maximum Gasteiger partial charge on any atom is 0.326 e. The van der Waals surface area contributed by atoms with Crippen molar-refractivity contribution in [2.45, 2.75) is 53.5 Å². The smallest absolute Gasteiger partial charge is 0.326 e. The third kappa shape index (κ3) is 17.0. The van der Waals surface area contributed by atoms with Crippen LogP contribution in [0, 0.1) is 0 Å². The molecule has 6 nitrogen and oxygen atoms in total. The fourth-order valence-corrected chi connectivity index (χ4v) is 0.771. The lowest BCUT2D eigenvalue weighted by Crippen LogP contribution is -2.39. The highest BCUT2D eigenvalue weighted by Gasteiger charge is 2.18. The normalized spacial score (nSPS) is 9.71. The topological polar surface area (TPSA) is 104 Å². The number of carbonyl (C=O) groups is 3. The molecule has 0 heterocycles. The number of rotatable bonds is 5. The Kier molecular flexibility index (Phi) is 17.6. The fraction of sp³-hybridized carbons (Fsp3) is 0.727. The molecule has 0 aliphatic heterocycles. The molecule has 6 heteroatoms. The zero-order chi connectivity index (χ0) is 14.4. The van der Waals surface area contributed by atoms with E-state index >= 15 is 0 Å². The van der Waals surface area contributed by atoms with Crippen molar-refractivity contribution in [3.63, 3.8) is 0 Å². The molecule has 102 valence electrons. The molecule has 0 aromatic rings. The number of amides is 1. The van der Waals surface area contributed by atoms with Crippen LogP contribution in [-0.4, -0.2) is 34.1 Å². The standard InChI is InChI=1S/C7H11NO5.2C2H6/c1-4(9)8-5(7(12)13)2-3-6(10)11;2*1-2/h5H,2-3H2,1H3,(H,8,9)(H,10,11)(H,12,13);2*1-2H3. The summed E-state index contributed by atoms with van der Waals surface area (Å²) in [4.78, 5) is 31.0. The molecule has 0 aromatic carbocycles. The minimum absolute atomic E-state index is 0.107. The lowest BCUT2D eigenvalue weighted by molar-refractivity contribution is -0.142. The minimum Gasteiger partial charge on any atom is -0.481 e. The zero-order valence-electron chi connectivity index (χ0n) is 11.1. The summed E-state index contributed by atoms with van der Waals surface area (Å²) in [6.45, 7) is 9.18. The van der Waals surface area contributed by atoms with Crippen LogP contribution in [0.25, 0.3) is 0 Å². The van der Waals surface area contributed by atoms with Gasteiger partial charge in [0.25, 0.3) is 0 Å². The van der Waals surface area contributed by atoms with Crippen LogP contribution < -0.4 is 5.32 Å². The van der Waals surface area contributed by atoms with Crippen molar-refractivity contribution in [1.29, 1.82) is 0 Å². The van der Waals surface area contributed by atoms with Gasteiger partial charge in [-0.1, -0.05) is 27.7 Å². The first-order chi connectivity index (χ1) is 7.93. The van der Waals surface area contributed by atoms with Gasteiger partial charge in [-0.3, -0.25) is 9.59 Å². The Bertz CT molecular complexity index is 228. The van der Waals surface area contributed by atoms with E-state index < -0.39 is 23.9 Å². The summed E-state index contributed by atoms with van der Waals surface area (Å²) in [7, 11) is 0. The number of aliphatic carboxylic acids is 2. The van der Waals surface area contributed by atoms with Gasteiger partial charge in [0, 0.05) is 13.3 Å². The Balaban J connectivity index is -0.000000439. The van der Waals surface area contributed by atoms with Crippen molar-refractivity contribution in [1.82, 2.24) is 5.32 Å². The van der Waals surface area contributed by atoms with Crippen molar-refractivity contribution in [2.75, 3.05) is 0 Å². The Hall–Kier alpha value is -1.59. The van der Waals surface area contributed by atoms with Crippen LogP contribution >= 0.6 is 0 Å². The van der Waals surface area contributed by atoms with Crippen molar-refractivity contribution in [2.24, 2.45) is 0 Å². The second-order valence-electron chi connectivity index (χ2n) is 2.52. The van der Waals surface area contributed by atoms with E-state index in [2.05, 4.69) is 5.32 Å². The van der Waals surface area contributed by atoms with Crippen LogP contribution in [0.2, 0.25) is 0 Å². The van der Waals surface area contributed by atoms with Crippen LogP contribution in [-0.2, 0) is 14.4 Å². The van der Waals surface area contributed by atoms with Gasteiger partial charge in [0.2, 0.25) is 5.91 Å². The van der Waals surface area contributed by atoms with E-state index in [0.29, 0.717) is 0 Å². The van der Waals surface area contributed by atoms with Crippen LogP contribution in [0.4, 0.5) is 0 Å². The van der Waals surface area contributed by atoms with E-state index in [1.165, 1.54) is 6.92 Å². The molecule has 0 radical (unpaired) electrons. The molecular formula is C11H23NO5. The molecule has 0 aromatic heterocycles. The average molecular weight is 249 g/mol. The van der Waals surface area contributed by atoms with Crippen molar-refractivity contribution in [3.8, 4) is 0 Å². The minimum atomic E-state index is -1.23. The number of hydrogen-bond acceptors (Lipinski definition) is 3. The van der Waals surface area contributed by atoms with E-state index in [9.17, 15) is 14.4 Å². The molecule has 0 fully saturated rings. The van der Waals surface area contributed by atoms with Crippen LogP contribution in [0.5, 0.6) is 0 Å². The summed E-state index contributed by atoms with van der Waals surface area (Å²) < 4.78 is 0. The zero-order valence-corrected chi connectivity index (χ0v) is 11.1. The monoisotopic (exact) mass is 249 g/mol. The van der Waals surface area contributed by atoms with E-state index in [0.717, 1.165) is 0 Å². The number of carbonyl (C=O) groups excluding carboxylic acids is 1. The number of hydrogen-bond donors (Lipinski definition) is 3. The predicted octanol–water partition coefficient (Wildman–Crippen LogP) is 1.49. The van der Waals surface area contributed by atoms with Gasteiger partial charge < -0.3 is 15.5 Å². The van der Waals surface area contributed by atoms with E-state index in [1.54, 1.807) is 0 Å². The third-order valence-electron chi connectivity index (χ3n) is 1.32. The third-order valence-corrected chi connectivity index (χ3v) is 1.32. The van der Waals surface area contributed by atoms with Gasteiger partial charge in [-0.15, -0.1) is 0 Å². The van der Waals surface area contributed by atoms with E-state index in [1.807, 2.05) is 27.7 Å². The molecule has 0 aliphatic carbocycles.